The van der Waals surface area contributed by atoms with Crippen LogP contribution in [0.2, 0.25) is 0 Å². The minimum atomic E-state index is -3.78. The molecule has 112 valence electrons. The summed E-state index contributed by atoms with van der Waals surface area (Å²) in [6.45, 7) is 7.73. The molecule has 0 aromatic rings. The molecule has 2 heterocycles. The second-order valence-corrected chi connectivity index (χ2v) is 8.12. The number of nitrogens with zero attached hydrogens (tertiary/aromatic N) is 3. The first kappa shape index (κ1) is 15.6. The van der Waals surface area contributed by atoms with Crippen molar-refractivity contribution < 1.29 is 8.42 Å². The minimum absolute atomic E-state index is 0.0211. The number of hydrogen-bond acceptors (Lipinski definition) is 5. The van der Waals surface area contributed by atoms with E-state index in [1.54, 1.807) is 12.2 Å². The maximum atomic E-state index is 12.7. The van der Waals surface area contributed by atoms with Crippen LogP contribution in [0, 0.1) is 10.8 Å². The van der Waals surface area contributed by atoms with E-state index in [4.69, 9.17) is 0 Å². The molecule has 21 heavy (non-hydrogen) atoms. The third-order valence-corrected chi connectivity index (χ3v) is 4.68. The van der Waals surface area contributed by atoms with Gasteiger partial charge < -0.3 is 0 Å². The molecule has 0 fully saturated rings. The molecule has 0 saturated heterocycles. The fraction of sp³-hybridized carbons (Fsp3) is 0.400. The fourth-order valence-electron chi connectivity index (χ4n) is 1.80. The summed E-state index contributed by atoms with van der Waals surface area (Å²) in [5.74, 6) is 0. The molecule has 5 nitrogen and oxygen atoms in total. The molecule has 2 aliphatic rings. The van der Waals surface area contributed by atoms with Gasteiger partial charge in [0, 0.05) is 23.2 Å². The number of aliphatic imine (C=N–C) groups is 1. The standard InChI is InChI=1S/C15H19N3O2S/c1-14(2)6-5-12(16-9-7-14)21(19,20)13-11-15(3,4)8-10-17-18-13/h5-11H,1-4H3. The monoisotopic (exact) mass is 305 g/mol. The number of rotatable bonds is 1. The van der Waals surface area contributed by atoms with Crippen molar-refractivity contribution in [3.63, 3.8) is 0 Å². The molecule has 0 unspecified atom stereocenters. The SMILES string of the molecule is CC1(C)C=CN=C(S(=O)(=O)C2=CC(C)(C)C=CN=N2)C=C1. The molecule has 6 heteroatoms. The van der Waals surface area contributed by atoms with Crippen LogP contribution in [0.3, 0.4) is 0 Å². The van der Waals surface area contributed by atoms with E-state index in [1.807, 2.05) is 39.8 Å². The summed E-state index contributed by atoms with van der Waals surface area (Å²) in [5.41, 5.74) is -0.670. The van der Waals surface area contributed by atoms with Crippen molar-refractivity contribution in [1.29, 1.82) is 0 Å². The highest BCUT2D eigenvalue weighted by atomic mass is 32.2. The second-order valence-electron chi connectivity index (χ2n) is 6.28. The Balaban J connectivity index is 2.47. The lowest BCUT2D eigenvalue weighted by molar-refractivity contribution is 0.604. The Bertz CT molecular complexity index is 718. The van der Waals surface area contributed by atoms with Crippen LogP contribution < -0.4 is 0 Å². The predicted molar refractivity (Wildman–Crippen MR) is 84.3 cm³/mol. The van der Waals surface area contributed by atoms with E-state index in [0.717, 1.165) is 0 Å². The smallest absolute Gasteiger partial charge is 0.242 e. The van der Waals surface area contributed by atoms with Gasteiger partial charge in [-0.3, -0.25) is 0 Å². The van der Waals surface area contributed by atoms with Gasteiger partial charge in [-0.05, 0) is 12.2 Å². The molecule has 0 aromatic carbocycles. The van der Waals surface area contributed by atoms with Crippen LogP contribution in [-0.4, -0.2) is 13.5 Å². The first-order valence-corrected chi connectivity index (χ1v) is 8.12. The molecule has 0 radical (unpaired) electrons. The summed E-state index contributed by atoms with van der Waals surface area (Å²) in [6, 6.07) is 0. The van der Waals surface area contributed by atoms with Crippen molar-refractivity contribution in [3.8, 4) is 0 Å². The van der Waals surface area contributed by atoms with Gasteiger partial charge in [-0.15, -0.1) is 5.11 Å². The van der Waals surface area contributed by atoms with Gasteiger partial charge in [0.15, 0.2) is 10.1 Å². The van der Waals surface area contributed by atoms with E-state index in [-0.39, 0.29) is 15.5 Å². The second kappa shape index (κ2) is 5.18. The van der Waals surface area contributed by atoms with Crippen molar-refractivity contribution >= 4 is 14.9 Å². The Morgan fingerprint density at radius 3 is 2.33 bits per heavy atom. The molecule has 0 amide bonds. The highest BCUT2D eigenvalue weighted by Gasteiger charge is 2.28. The van der Waals surface area contributed by atoms with E-state index in [9.17, 15) is 8.42 Å². The third kappa shape index (κ3) is 3.64. The van der Waals surface area contributed by atoms with E-state index in [0.29, 0.717) is 0 Å². The molecule has 2 aliphatic heterocycles. The van der Waals surface area contributed by atoms with Crippen LogP contribution in [0.4, 0.5) is 0 Å². The van der Waals surface area contributed by atoms with Crippen LogP contribution in [-0.2, 0) is 9.84 Å². The van der Waals surface area contributed by atoms with Crippen molar-refractivity contribution in [3.05, 3.63) is 47.8 Å². The molecule has 0 N–H and O–H groups in total. The lowest BCUT2D eigenvalue weighted by Crippen LogP contribution is -2.16. The Kier molecular flexibility index (Phi) is 3.84. The van der Waals surface area contributed by atoms with E-state index in [1.165, 1.54) is 18.5 Å². The van der Waals surface area contributed by atoms with Crippen LogP contribution in [0.1, 0.15) is 27.7 Å². The highest BCUT2D eigenvalue weighted by molar-refractivity contribution is 8.10. The summed E-state index contributed by atoms with van der Waals surface area (Å²) in [6.07, 6.45) is 11.6. The van der Waals surface area contributed by atoms with Crippen molar-refractivity contribution in [1.82, 2.24) is 0 Å². The van der Waals surface area contributed by atoms with Crippen LogP contribution in [0.25, 0.3) is 0 Å². The average molecular weight is 305 g/mol. The first-order chi connectivity index (χ1) is 9.62. The Morgan fingerprint density at radius 1 is 0.952 bits per heavy atom. The largest absolute Gasteiger partial charge is 0.245 e. The minimum Gasteiger partial charge on any atom is -0.245 e. The van der Waals surface area contributed by atoms with E-state index >= 15 is 0 Å². The summed E-state index contributed by atoms with van der Waals surface area (Å²) < 4.78 is 25.4. The maximum Gasteiger partial charge on any atom is 0.242 e. The molecule has 0 atom stereocenters. The van der Waals surface area contributed by atoms with Gasteiger partial charge in [-0.25, -0.2) is 13.4 Å². The number of azo groups is 1. The van der Waals surface area contributed by atoms with E-state index < -0.39 is 15.3 Å². The molecule has 0 spiro atoms. The zero-order valence-electron chi connectivity index (χ0n) is 12.6. The lowest BCUT2D eigenvalue weighted by Gasteiger charge is -2.14. The summed E-state index contributed by atoms with van der Waals surface area (Å²) in [5, 5.41) is 7.47. The Hall–Kier alpha value is -1.82. The zero-order chi connectivity index (χ0) is 15.7. The third-order valence-electron chi connectivity index (χ3n) is 3.13. The molecular weight excluding hydrogens is 286 g/mol. The van der Waals surface area contributed by atoms with Gasteiger partial charge in [-0.1, -0.05) is 45.9 Å². The van der Waals surface area contributed by atoms with Crippen LogP contribution in [0.5, 0.6) is 0 Å². The molecule has 0 aliphatic carbocycles. The van der Waals surface area contributed by atoms with Gasteiger partial charge in [0.2, 0.25) is 9.84 Å². The normalized spacial score (nSPS) is 23.2. The number of hydrogen-bond donors (Lipinski definition) is 0. The maximum absolute atomic E-state index is 12.7. The van der Waals surface area contributed by atoms with Gasteiger partial charge >= 0.3 is 0 Å². The van der Waals surface area contributed by atoms with Gasteiger partial charge in [0.25, 0.3) is 0 Å². The molecular formula is C15H19N3O2S. The average Bonchev–Trinajstić information content (AvgIpc) is 2.64. The van der Waals surface area contributed by atoms with Gasteiger partial charge in [-0.2, -0.15) is 5.11 Å². The quantitative estimate of drug-likeness (QED) is 0.740. The number of sulfone groups is 1. The Labute approximate surface area is 125 Å². The van der Waals surface area contributed by atoms with Crippen molar-refractivity contribution in [2.75, 3.05) is 0 Å². The highest BCUT2D eigenvalue weighted by Crippen LogP contribution is 2.29. The van der Waals surface area contributed by atoms with Crippen LogP contribution >= 0.6 is 0 Å². The summed E-state index contributed by atoms with van der Waals surface area (Å²) >= 11 is 0. The summed E-state index contributed by atoms with van der Waals surface area (Å²) in [4.78, 5) is 4.04. The van der Waals surface area contributed by atoms with Crippen molar-refractivity contribution in [2.24, 2.45) is 26.1 Å². The zero-order valence-corrected chi connectivity index (χ0v) is 13.4. The van der Waals surface area contributed by atoms with Gasteiger partial charge in [0.05, 0.1) is 0 Å². The lowest BCUT2D eigenvalue weighted by atomic mass is 9.93. The van der Waals surface area contributed by atoms with Gasteiger partial charge in [0.1, 0.15) is 0 Å². The first-order valence-electron chi connectivity index (χ1n) is 6.64. The molecule has 0 aromatic heterocycles. The van der Waals surface area contributed by atoms with Crippen molar-refractivity contribution in [2.45, 2.75) is 27.7 Å². The van der Waals surface area contributed by atoms with E-state index in [2.05, 4.69) is 15.2 Å². The predicted octanol–water partition coefficient (Wildman–Crippen LogP) is 3.76. The molecule has 0 bridgehead atoms. The summed E-state index contributed by atoms with van der Waals surface area (Å²) in [7, 11) is -3.78. The molecule has 2 rings (SSSR count). The fourth-order valence-corrected chi connectivity index (χ4v) is 3.07. The Morgan fingerprint density at radius 2 is 1.62 bits per heavy atom. The number of allylic oxidation sites excluding steroid dienone is 4. The molecule has 0 saturated carbocycles. The topological polar surface area (TPSA) is 71.2 Å². The van der Waals surface area contributed by atoms with Crippen LogP contribution in [0.15, 0.2) is 63.0 Å².